The van der Waals surface area contributed by atoms with Crippen molar-refractivity contribution >= 4 is 39.1 Å². The largest absolute Gasteiger partial charge is 0.431 e. The molecule has 0 fully saturated rings. The fraction of sp³-hybridized carbons (Fsp3) is 0.0455. The number of hydrogen-bond donors (Lipinski definition) is 2. The molecule has 9 heteroatoms. The van der Waals surface area contributed by atoms with Crippen molar-refractivity contribution in [1.29, 1.82) is 5.26 Å². The predicted molar refractivity (Wildman–Crippen MR) is 116 cm³/mol. The number of rotatable bonds is 5. The monoisotopic (exact) mass is 429 g/mol. The lowest BCUT2D eigenvalue weighted by Crippen LogP contribution is -2.17. The lowest BCUT2D eigenvalue weighted by atomic mass is 10.1. The number of carbonyl (C=O) groups is 2. The summed E-state index contributed by atoms with van der Waals surface area (Å²) in [6.07, 6.45) is 0. The molecule has 3 N–H and O–H groups in total. The number of aromatic nitrogens is 2. The highest BCUT2D eigenvalue weighted by Crippen LogP contribution is 2.33. The number of thiazole rings is 1. The van der Waals surface area contributed by atoms with E-state index < -0.39 is 11.8 Å². The maximum absolute atomic E-state index is 12.8. The number of pyridine rings is 1. The van der Waals surface area contributed by atoms with Gasteiger partial charge in [-0.05, 0) is 43.3 Å². The summed E-state index contributed by atoms with van der Waals surface area (Å²) in [6, 6.07) is 17.0. The number of hydrogen-bond acceptors (Lipinski definition) is 7. The van der Waals surface area contributed by atoms with Crippen LogP contribution < -0.4 is 15.8 Å². The molecule has 2 amide bonds. The molecule has 2 heterocycles. The number of anilines is 1. The summed E-state index contributed by atoms with van der Waals surface area (Å²) in [4.78, 5) is 33.3. The first kappa shape index (κ1) is 20.0. The molecule has 4 rings (SSSR count). The lowest BCUT2D eigenvalue weighted by Gasteiger charge is -2.07. The van der Waals surface area contributed by atoms with E-state index in [1.54, 1.807) is 55.5 Å². The van der Waals surface area contributed by atoms with Crippen molar-refractivity contribution in [2.75, 3.05) is 5.32 Å². The molecule has 31 heavy (non-hydrogen) atoms. The van der Waals surface area contributed by atoms with Gasteiger partial charge in [-0.1, -0.05) is 29.5 Å². The fourth-order valence-electron chi connectivity index (χ4n) is 2.89. The van der Waals surface area contributed by atoms with Crippen LogP contribution in [0.4, 0.5) is 5.00 Å². The van der Waals surface area contributed by atoms with Crippen molar-refractivity contribution in [1.82, 2.24) is 9.97 Å². The van der Waals surface area contributed by atoms with Gasteiger partial charge in [0.05, 0.1) is 28.4 Å². The van der Waals surface area contributed by atoms with E-state index in [1.807, 2.05) is 6.07 Å². The topological polar surface area (TPSA) is 131 Å². The summed E-state index contributed by atoms with van der Waals surface area (Å²) in [7, 11) is 0. The summed E-state index contributed by atoms with van der Waals surface area (Å²) in [6.45, 7) is 1.74. The van der Waals surface area contributed by atoms with Crippen molar-refractivity contribution in [2.45, 2.75) is 6.92 Å². The van der Waals surface area contributed by atoms with Crippen LogP contribution >= 0.6 is 11.3 Å². The molecule has 0 saturated heterocycles. The number of primary amides is 1. The molecule has 0 spiro atoms. The Morgan fingerprint density at radius 2 is 1.87 bits per heavy atom. The van der Waals surface area contributed by atoms with Crippen LogP contribution in [0.5, 0.6) is 10.9 Å². The number of ether oxygens (including phenoxy) is 1. The second kappa shape index (κ2) is 8.22. The second-order valence-electron chi connectivity index (χ2n) is 6.52. The second-order valence-corrected chi connectivity index (χ2v) is 7.48. The van der Waals surface area contributed by atoms with E-state index in [4.69, 9.17) is 15.7 Å². The van der Waals surface area contributed by atoms with Crippen LogP contribution in [0.2, 0.25) is 0 Å². The van der Waals surface area contributed by atoms with Gasteiger partial charge in [-0.2, -0.15) is 5.26 Å². The summed E-state index contributed by atoms with van der Waals surface area (Å²) >= 11 is 1.15. The predicted octanol–water partition coefficient (Wildman–Crippen LogP) is 4.01. The zero-order valence-corrected chi connectivity index (χ0v) is 17.1. The molecule has 0 aliphatic carbocycles. The van der Waals surface area contributed by atoms with E-state index in [1.165, 1.54) is 6.07 Å². The number of amides is 2. The zero-order chi connectivity index (χ0) is 22.0. The first-order valence-corrected chi connectivity index (χ1v) is 9.92. The van der Waals surface area contributed by atoms with Gasteiger partial charge in [0.1, 0.15) is 16.4 Å². The molecule has 0 aliphatic rings. The highest BCUT2D eigenvalue weighted by Gasteiger charge is 2.18. The third-order valence-corrected chi connectivity index (χ3v) is 5.36. The molecular weight excluding hydrogens is 414 g/mol. The Bertz CT molecular complexity index is 1360. The van der Waals surface area contributed by atoms with Gasteiger partial charge in [-0.15, -0.1) is 0 Å². The number of fused-ring (bicyclic) bond motifs is 1. The highest BCUT2D eigenvalue weighted by molar-refractivity contribution is 7.17. The number of benzene rings is 2. The van der Waals surface area contributed by atoms with E-state index in [0.29, 0.717) is 38.1 Å². The van der Waals surface area contributed by atoms with E-state index in [2.05, 4.69) is 15.3 Å². The smallest absolute Gasteiger partial charge is 0.280 e. The standard InChI is InChI=1S/C22H15N5O3S/c1-12-21(31-22(25-12)30-14-8-6-13(11-23)7-9-14)27-20(29)18-10-16(19(24)28)15-4-2-3-5-17(15)26-18/h2-10H,1H3,(H2,24,28)(H,27,29). The van der Waals surface area contributed by atoms with Gasteiger partial charge in [0.25, 0.3) is 11.1 Å². The van der Waals surface area contributed by atoms with Gasteiger partial charge in [0.2, 0.25) is 5.91 Å². The van der Waals surface area contributed by atoms with Gasteiger partial charge in [0, 0.05) is 5.39 Å². The zero-order valence-electron chi connectivity index (χ0n) is 16.2. The normalized spacial score (nSPS) is 10.5. The van der Waals surface area contributed by atoms with E-state index in [0.717, 1.165) is 11.3 Å². The average molecular weight is 429 g/mol. The van der Waals surface area contributed by atoms with E-state index in [-0.39, 0.29) is 11.3 Å². The van der Waals surface area contributed by atoms with E-state index in [9.17, 15) is 9.59 Å². The lowest BCUT2D eigenvalue weighted by molar-refractivity contribution is 0.100. The number of nitriles is 1. The Hall–Kier alpha value is -4.29. The molecule has 0 saturated carbocycles. The molecule has 8 nitrogen and oxygen atoms in total. The number of carbonyl (C=O) groups excluding carboxylic acids is 2. The van der Waals surface area contributed by atoms with Crippen molar-refractivity contribution in [3.8, 4) is 17.0 Å². The number of nitrogens with zero attached hydrogens (tertiary/aromatic N) is 3. The Morgan fingerprint density at radius 3 is 2.58 bits per heavy atom. The van der Waals surface area contributed by atoms with Crippen LogP contribution in [0.3, 0.4) is 0 Å². The summed E-state index contributed by atoms with van der Waals surface area (Å²) in [5.74, 6) is -0.613. The van der Waals surface area contributed by atoms with Crippen molar-refractivity contribution < 1.29 is 14.3 Å². The van der Waals surface area contributed by atoms with Gasteiger partial charge >= 0.3 is 0 Å². The Balaban J connectivity index is 1.57. The van der Waals surface area contributed by atoms with Crippen molar-refractivity contribution in [3.05, 3.63) is 77.1 Å². The van der Waals surface area contributed by atoms with Crippen LogP contribution in [0.15, 0.2) is 54.6 Å². The third kappa shape index (κ3) is 4.19. The van der Waals surface area contributed by atoms with Gasteiger partial charge in [-0.25, -0.2) is 9.97 Å². The Kier molecular flexibility index (Phi) is 5.30. The van der Waals surface area contributed by atoms with Crippen molar-refractivity contribution in [2.24, 2.45) is 5.73 Å². The third-order valence-electron chi connectivity index (χ3n) is 4.41. The molecular formula is C22H15N5O3S. The van der Waals surface area contributed by atoms with Gasteiger partial charge in [0.15, 0.2) is 0 Å². The molecule has 2 aromatic heterocycles. The molecule has 0 bridgehead atoms. The molecule has 0 atom stereocenters. The number of aryl methyl sites for hydroxylation is 1. The van der Waals surface area contributed by atoms with Crippen molar-refractivity contribution in [3.63, 3.8) is 0 Å². The molecule has 0 unspecified atom stereocenters. The number of para-hydroxylation sites is 1. The Labute approximate surface area is 180 Å². The minimum absolute atomic E-state index is 0.0647. The minimum atomic E-state index is -0.639. The summed E-state index contributed by atoms with van der Waals surface area (Å²) in [5, 5.41) is 13.0. The SMILES string of the molecule is Cc1nc(Oc2ccc(C#N)cc2)sc1NC(=O)c1cc(C(N)=O)c2ccccc2n1. The number of nitrogens with one attached hydrogen (secondary N) is 1. The van der Waals surface area contributed by atoms with Gasteiger partial charge in [-0.3, -0.25) is 9.59 Å². The molecule has 152 valence electrons. The van der Waals surface area contributed by atoms with Crippen LogP contribution in [0, 0.1) is 18.3 Å². The maximum Gasteiger partial charge on any atom is 0.280 e. The van der Waals surface area contributed by atoms with Crippen LogP contribution in [-0.4, -0.2) is 21.8 Å². The molecule has 0 aliphatic heterocycles. The van der Waals surface area contributed by atoms with Gasteiger partial charge < -0.3 is 15.8 Å². The van der Waals surface area contributed by atoms with Crippen LogP contribution in [0.25, 0.3) is 10.9 Å². The molecule has 0 radical (unpaired) electrons. The van der Waals surface area contributed by atoms with Crippen LogP contribution in [0.1, 0.15) is 32.1 Å². The number of nitrogens with two attached hydrogens (primary N) is 1. The Morgan fingerprint density at radius 1 is 1.13 bits per heavy atom. The maximum atomic E-state index is 12.8. The molecule has 2 aromatic carbocycles. The summed E-state index contributed by atoms with van der Waals surface area (Å²) in [5.41, 5.74) is 7.35. The summed E-state index contributed by atoms with van der Waals surface area (Å²) < 4.78 is 5.70. The molecule has 4 aromatic rings. The van der Waals surface area contributed by atoms with Crippen LogP contribution in [-0.2, 0) is 0 Å². The first-order chi connectivity index (χ1) is 14.9. The average Bonchev–Trinajstić information content (AvgIpc) is 3.11. The quantitative estimate of drug-likeness (QED) is 0.493. The first-order valence-electron chi connectivity index (χ1n) is 9.11. The van der Waals surface area contributed by atoms with E-state index >= 15 is 0 Å². The highest BCUT2D eigenvalue weighted by atomic mass is 32.1. The minimum Gasteiger partial charge on any atom is -0.431 e. The fourth-order valence-corrected chi connectivity index (χ4v) is 3.72.